The standard InChI is InChI=1S/C28H23ClNOPS2/c1-21(31)30-27(28(33)34-26-19-17-22(29)18-20-26)32(23-11-5-2-6-12-23,24-13-7-3-8-14-24)25-15-9-4-10-16-25/h2-20H,1H3,(H-,30,31,33)/b28-27-. The molecule has 2 nitrogen and oxygen atoms in total. The fourth-order valence-corrected chi connectivity index (χ4v) is 10.1. The Morgan fingerprint density at radius 2 is 1.15 bits per heavy atom. The molecule has 1 N–H and O–H groups in total. The molecule has 6 heteroatoms. The fourth-order valence-electron chi connectivity index (χ4n) is 3.89. The molecule has 0 bridgehead atoms. The van der Waals surface area contributed by atoms with Crippen LogP contribution in [0.25, 0.3) is 0 Å². The highest BCUT2D eigenvalue weighted by Crippen LogP contribution is 2.63. The molecule has 0 spiro atoms. The van der Waals surface area contributed by atoms with Gasteiger partial charge in [-0.25, -0.2) is 0 Å². The molecular weight excluding hydrogens is 497 g/mol. The van der Waals surface area contributed by atoms with Crippen molar-refractivity contribution in [1.29, 1.82) is 0 Å². The summed E-state index contributed by atoms with van der Waals surface area (Å²) < 4.78 is 0.627. The van der Waals surface area contributed by atoms with E-state index in [0.717, 1.165) is 26.2 Å². The summed E-state index contributed by atoms with van der Waals surface area (Å²) in [6.07, 6.45) is 0. The molecule has 170 valence electrons. The maximum atomic E-state index is 12.6. The Kier molecular flexibility index (Phi) is 8.07. The molecule has 0 fully saturated rings. The fraction of sp³-hybridized carbons (Fsp3) is 0.0357. The highest BCUT2D eigenvalue weighted by atomic mass is 35.5. The van der Waals surface area contributed by atoms with Crippen LogP contribution < -0.4 is 21.2 Å². The lowest BCUT2D eigenvalue weighted by molar-refractivity contribution is -0.118. The second kappa shape index (κ2) is 11.2. The van der Waals surface area contributed by atoms with E-state index in [9.17, 15) is 4.79 Å². The zero-order valence-electron chi connectivity index (χ0n) is 18.5. The molecule has 0 aliphatic rings. The molecule has 0 saturated carbocycles. The number of amides is 1. The SMILES string of the molecule is CC(=O)N/C(=C(\[S-])Sc1ccc(Cl)cc1)[P+](c1ccccc1)(c1ccccc1)c1ccccc1. The molecule has 1 amide bonds. The van der Waals surface area contributed by atoms with Gasteiger partial charge in [0, 0.05) is 16.8 Å². The van der Waals surface area contributed by atoms with Crippen molar-refractivity contribution in [2.45, 2.75) is 11.8 Å². The number of carbonyl (C=O) groups is 1. The molecule has 0 unspecified atom stereocenters. The first kappa shape index (κ1) is 24.5. The van der Waals surface area contributed by atoms with Crippen molar-refractivity contribution in [3.63, 3.8) is 0 Å². The highest BCUT2D eigenvalue weighted by molar-refractivity contribution is 8.12. The van der Waals surface area contributed by atoms with Crippen LogP contribution in [0.3, 0.4) is 0 Å². The third-order valence-corrected chi connectivity index (χ3v) is 11.4. The van der Waals surface area contributed by atoms with Crippen LogP contribution in [0.2, 0.25) is 5.02 Å². The number of carbonyl (C=O) groups excluding carboxylic acids is 1. The molecule has 4 aromatic carbocycles. The smallest absolute Gasteiger partial charge is 0.223 e. The molecular formula is C28H23ClNOPS2. The minimum atomic E-state index is -2.52. The average molecular weight is 520 g/mol. The van der Waals surface area contributed by atoms with Gasteiger partial charge < -0.3 is 12.6 Å². The van der Waals surface area contributed by atoms with Gasteiger partial charge in [-0.3, -0.25) is 10.1 Å². The van der Waals surface area contributed by atoms with Crippen LogP contribution in [0.4, 0.5) is 0 Å². The first-order valence-electron chi connectivity index (χ1n) is 10.7. The molecule has 0 aliphatic carbocycles. The maximum absolute atomic E-state index is 12.6. The summed E-state index contributed by atoms with van der Waals surface area (Å²) in [6.45, 7) is 1.53. The van der Waals surface area contributed by atoms with Gasteiger partial charge in [0.2, 0.25) is 5.91 Å². The van der Waals surface area contributed by atoms with Gasteiger partial charge in [-0.15, -0.1) is 11.8 Å². The summed E-state index contributed by atoms with van der Waals surface area (Å²) in [6, 6.07) is 38.6. The minimum absolute atomic E-state index is 0.152. The van der Waals surface area contributed by atoms with E-state index in [1.165, 1.54) is 18.7 Å². The summed E-state index contributed by atoms with van der Waals surface area (Å²) in [4.78, 5) is 13.6. The van der Waals surface area contributed by atoms with E-state index in [4.69, 9.17) is 24.2 Å². The number of benzene rings is 4. The highest BCUT2D eigenvalue weighted by Gasteiger charge is 2.50. The van der Waals surface area contributed by atoms with Gasteiger partial charge in [0.05, 0.1) is 0 Å². The molecule has 0 saturated heterocycles. The minimum Gasteiger partial charge on any atom is -0.767 e. The molecule has 0 heterocycles. The topological polar surface area (TPSA) is 29.1 Å². The summed E-state index contributed by atoms with van der Waals surface area (Å²) in [5, 5.41) is 7.22. The van der Waals surface area contributed by atoms with Gasteiger partial charge in [-0.2, -0.15) is 0 Å². The van der Waals surface area contributed by atoms with Crippen molar-refractivity contribution in [3.05, 3.63) is 130 Å². The van der Waals surface area contributed by atoms with E-state index < -0.39 is 7.26 Å². The number of halogens is 1. The largest absolute Gasteiger partial charge is 0.767 e. The lowest BCUT2D eigenvalue weighted by atomic mass is 10.4. The van der Waals surface area contributed by atoms with Crippen molar-refractivity contribution in [2.24, 2.45) is 0 Å². The lowest BCUT2D eigenvalue weighted by Crippen LogP contribution is -2.38. The number of nitrogens with one attached hydrogen (secondary N) is 1. The van der Waals surface area contributed by atoms with Crippen LogP contribution in [0.5, 0.6) is 0 Å². The van der Waals surface area contributed by atoms with Crippen molar-refractivity contribution in [1.82, 2.24) is 5.32 Å². The first-order valence-corrected chi connectivity index (χ1v) is 14.1. The summed E-state index contributed by atoms with van der Waals surface area (Å²) >= 11 is 13.6. The van der Waals surface area contributed by atoms with Crippen LogP contribution in [-0.2, 0) is 17.4 Å². The predicted octanol–water partition coefficient (Wildman–Crippen LogP) is 6.24. The Bertz CT molecular complexity index is 1180. The molecule has 4 rings (SSSR count). The summed E-state index contributed by atoms with van der Waals surface area (Å²) in [5.41, 5.74) is 0.763. The Labute approximate surface area is 216 Å². The lowest BCUT2D eigenvalue weighted by Gasteiger charge is -2.32. The van der Waals surface area contributed by atoms with E-state index in [0.29, 0.717) is 9.26 Å². The van der Waals surface area contributed by atoms with E-state index in [-0.39, 0.29) is 5.91 Å². The molecule has 0 aliphatic heterocycles. The molecule has 0 atom stereocenters. The van der Waals surface area contributed by atoms with Gasteiger partial charge in [-0.05, 0) is 60.7 Å². The summed E-state index contributed by atoms with van der Waals surface area (Å²) in [5.74, 6) is -0.152. The zero-order valence-corrected chi connectivity index (χ0v) is 21.8. The van der Waals surface area contributed by atoms with Crippen molar-refractivity contribution in [3.8, 4) is 0 Å². The normalized spacial score (nSPS) is 12.1. The quantitative estimate of drug-likeness (QED) is 0.178. The maximum Gasteiger partial charge on any atom is 0.223 e. The molecule has 4 aromatic rings. The van der Waals surface area contributed by atoms with Gasteiger partial charge in [0.25, 0.3) is 0 Å². The molecule has 34 heavy (non-hydrogen) atoms. The number of hydrogen-bond donors (Lipinski definition) is 1. The Hall–Kier alpha value is -2.62. The van der Waals surface area contributed by atoms with Gasteiger partial charge in [-0.1, -0.05) is 70.4 Å². The van der Waals surface area contributed by atoms with Crippen molar-refractivity contribution >= 4 is 65.1 Å². The van der Waals surface area contributed by atoms with E-state index in [1.54, 1.807) is 0 Å². The molecule has 0 radical (unpaired) electrons. The second-order valence-electron chi connectivity index (χ2n) is 7.55. The monoisotopic (exact) mass is 519 g/mol. The third-order valence-electron chi connectivity index (χ3n) is 5.28. The summed E-state index contributed by atoms with van der Waals surface area (Å²) in [7, 11) is -2.52. The van der Waals surface area contributed by atoms with E-state index in [2.05, 4.69) is 41.7 Å². The van der Waals surface area contributed by atoms with Gasteiger partial charge in [0.1, 0.15) is 15.9 Å². The number of rotatable bonds is 7. The van der Waals surface area contributed by atoms with Crippen LogP contribution in [0.1, 0.15) is 6.92 Å². The van der Waals surface area contributed by atoms with Gasteiger partial charge in [0.15, 0.2) is 12.7 Å². The molecule has 0 aromatic heterocycles. The van der Waals surface area contributed by atoms with Crippen LogP contribution in [-0.4, -0.2) is 5.91 Å². The Morgan fingerprint density at radius 1 is 0.735 bits per heavy atom. The van der Waals surface area contributed by atoms with Crippen molar-refractivity contribution < 1.29 is 4.79 Å². The average Bonchev–Trinajstić information content (AvgIpc) is 2.87. The van der Waals surface area contributed by atoms with Gasteiger partial charge >= 0.3 is 0 Å². The van der Waals surface area contributed by atoms with Crippen LogP contribution >= 0.6 is 30.6 Å². The Morgan fingerprint density at radius 3 is 1.53 bits per heavy atom. The van der Waals surface area contributed by atoms with E-state index >= 15 is 0 Å². The van der Waals surface area contributed by atoms with E-state index in [1.807, 2.05) is 78.9 Å². The first-order chi connectivity index (χ1) is 16.5. The van der Waals surface area contributed by atoms with Crippen LogP contribution in [0, 0.1) is 0 Å². The Balaban J connectivity index is 2.07. The third kappa shape index (κ3) is 5.21. The number of hydrogen-bond acceptors (Lipinski definition) is 3. The second-order valence-corrected chi connectivity index (χ2v) is 13.1. The number of thioether (sulfide) groups is 1. The van der Waals surface area contributed by atoms with Crippen LogP contribution in [0.15, 0.2) is 130 Å². The zero-order chi connectivity index (χ0) is 24.0. The predicted molar refractivity (Wildman–Crippen MR) is 151 cm³/mol. The van der Waals surface area contributed by atoms with Crippen molar-refractivity contribution in [2.75, 3.05) is 0 Å².